The van der Waals surface area contributed by atoms with Crippen LogP contribution in [0.15, 0.2) is 35.2 Å². The van der Waals surface area contributed by atoms with Crippen LogP contribution in [0.25, 0.3) is 0 Å². The lowest BCUT2D eigenvalue weighted by Gasteiger charge is -2.34. The fourth-order valence-electron chi connectivity index (χ4n) is 3.59. The second-order valence-electron chi connectivity index (χ2n) is 7.13. The fraction of sp³-hybridized carbons (Fsp3) is 0.579. The molecule has 0 aromatic heterocycles. The molecule has 8 nitrogen and oxygen atoms in total. The first-order valence-electron chi connectivity index (χ1n) is 9.75. The van der Waals surface area contributed by atoms with Gasteiger partial charge in [0.1, 0.15) is 6.23 Å². The molecule has 1 aromatic carbocycles. The number of nitrogens with zero attached hydrogens (tertiary/aromatic N) is 1. The minimum atomic E-state index is -3.75. The first kappa shape index (κ1) is 20.8. The summed E-state index contributed by atoms with van der Waals surface area (Å²) in [6.07, 6.45) is 4.75. The lowest BCUT2D eigenvalue weighted by atomic mass is 9.95. The van der Waals surface area contributed by atoms with E-state index in [1.807, 2.05) is 0 Å². The molecule has 0 unspecified atom stereocenters. The number of benzene rings is 1. The fourth-order valence-corrected chi connectivity index (χ4v) is 5.17. The molecule has 1 heterocycles. The largest absolute Gasteiger partial charge is 0.360 e. The molecule has 2 fully saturated rings. The molecule has 2 aliphatic rings. The van der Waals surface area contributed by atoms with Crippen molar-refractivity contribution in [1.29, 1.82) is 0 Å². The Kier molecular flexibility index (Phi) is 7.03. The van der Waals surface area contributed by atoms with Gasteiger partial charge in [-0.3, -0.25) is 9.59 Å². The molecule has 1 atom stereocenters. The second kappa shape index (κ2) is 9.49. The molecule has 28 heavy (non-hydrogen) atoms. The van der Waals surface area contributed by atoms with Gasteiger partial charge in [-0.15, -0.1) is 0 Å². The molecule has 1 saturated carbocycles. The first-order chi connectivity index (χ1) is 13.5. The maximum absolute atomic E-state index is 12.9. The highest BCUT2D eigenvalue weighted by Crippen LogP contribution is 2.21. The van der Waals surface area contributed by atoms with Gasteiger partial charge in [0.25, 0.3) is 0 Å². The first-order valence-corrected chi connectivity index (χ1v) is 11.2. The third kappa shape index (κ3) is 5.09. The predicted molar refractivity (Wildman–Crippen MR) is 103 cm³/mol. The SMILES string of the molecule is O=C(NC[C@H]1OCCCN1S(=O)(=O)c1ccccc1)C(=O)NC1CCCCC1. The molecular weight excluding hydrogens is 382 g/mol. The zero-order valence-corrected chi connectivity index (χ0v) is 16.6. The van der Waals surface area contributed by atoms with Gasteiger partial charge in [0.2, 0.25) is 10.0 Å². The van der Waals surface area contributed by atoms with Crippen LogP contribution < -0.4 is 10.6 Å². The van der Waals surface area contributed by atoms with E-state index < -0.39 is 28.1 Å². The number of carbonyl (C=O) groups is 2. The van der Waals surface area contributed by atoms with Crippen LogP contribution >= 0.6 is 0 Å². The molecule has 2 amide bonds. The van der Waals surface area contributed by atoms with E-state index in [4.69, 9.17) is 4.74 Å². The summed E-state index contributed by atoms with van der Waals surface area (Å²) in [6.45, 7) is 0.616. The summed E-state index contributed by atoms with van der Waals surface area (Å²) in [5, 5.41) is 5.26. The summed E-state index contributed by atoms with van der Waals surface area (Å²) >= 11 is 0. The summed E-state index contributed by atoms with van der Waals surface area (Å²) < 4.78 is 32.6. The minimum absolute atomic E-state index is 0.0351. The molecule has 0 spiro atoms. The molecule has 0 bridgehead atoms. The van der Waals surface area contributed by atoms with Crippen molar-refractivity contribution in [3.63, 3.8) is 0 Å². The zero-order chi connectivity index (χ0) is 20.0. The van der Waals surface area contributed by atoms with E-state index in [2.05, 4.69) is 10.6 Å². The average molecular weight is 410 g/mol. The Bertz CT molecular complexity index is 778. The molecule has 154 valence electrons. The van der Waals surface area contributed by atoms with E-state index in [1.165, 1.54) is 16.4 Å². The molecule has 1 saturated heterocycles. The van der Waals surface area contributed by atoms with Crippen molar-refractivity contribution in [3.8, 4) is 0 Å². The predicted octanol–water partition coefficient (Wildman–Crippen LogP) is 0.989. The maximum atomic E-state index is 12.9. The quantitative estimate of drug-likeness (QED) is 0.706. The molecule has 1 aliphatic carbocycles. The Balaban J connectivity index is 1.58. The number of hydrogen-bond donors (Lipinski definition) is 2. The highest BCUT2D eigenvalue weighted by atomic mass is 32.2. The van der Waals surface area contributed by atoms with Gasteiger partial charge in [-0.2, -0.15) is 4.31 Å². The van der Waals surface area contributed by atoms with Crippen LogP contribution in [0.5, 0.6) is 0 Å². The van der Waals surface area contributed by atoms with Gasteiger partial charge < -0.3 is 15.4 Å². The monoisotopic (exact) mass is 409 g/mol. The van der Waals surface area contributed by atoms with Crippen LogP contribution in [-0.2, 0) is 24.3 Å². The van der Waals surface area contributed by atoms with Crippen molar-refractivity contribution < 1.29 is 22.7 Å². The Labute approximate surface area is 165 Å². The summed E-state index contributed by atoms with van der Waals surface area (Å²) in [6, 6.07) is 8.14. The smallest absolute Gasteiger partial charge is 0.309 e. The van der Waals surface area contributed by atoms with Crippen molar-refractivity contribution >= 4 is 21.8 Å². The van der Waals surface area contributed by atoms with Crippen LogP contribution in [0, 0.1) is 0 Å². The Morgan fingerprint density at radius 2 is 1.75 bits per heavy atom. The summed E-state index contributed by atoms with van der Waals surface area (Å²) in [7, 11) is -3.75. The molecule has 1 aromatic rings. The highest BCUT2D eigenvalue weighted by molar-refractivity contribution is 7.89. The minimum Gasteiger partial charge on any atom is -0.360 e. The molecule has 1 aliphatic heterocycles. The van der Waals surface area contributed by atoms with Gasteiger partial charge in [0, 0.05) is 12.6 Å². The third-order valence-corrected chi connectivity index (χ3v) is 6.99. The topological polar surface area (TPSA) is 105 Å². The van der Waals surface area contributed by atoms with E-state index in [1.54, 1.807) is 18.2 Å². The summed E-state index contributed by atoms with van der Waals surface area (Å²) in [4.78, 5) is 24.4. The normalized spacial score (nSPS) is 21.8. The second-order valence-corrected chi connectivity index (χ2v) is 9.02. The molecule has 2 N–H and O–H groups in total. The molecule has 9 heteroatoms. The maximum Gasteiger partial charge on any atom is 0.309 e. The molecule has 3 rings (SSSR count). The molecule has 0 radical (unpaired) electrons. The lowest BCUT2D eigenvalue weighted by Crippen LogP contribution is -2.53. The van der Waals surface area contributed by atoms with E-state index >= 15 is 0 Å². The van der Waals surface area contributed by atoms with Crippen molar-refractivity contribution in [3.05, 3.63) is 30.3 Å². The lowest BCUT2D eigenvalue weighted by molar-refractivity contribution is -0.140. The van der Waals surface area contributed by atoms with Crippen LogP contribution in [-0.4, -0.2) is 56.5 Å². The van der Waals surface area contributed by atoms with Gasteiger partial charge in [0.05, 0.1) is 18.0 Å². The van der Waals surface area contributed by atoms with Crippen molar-refractivity contribution in [2.45, 2.75) is 55.7 Å². The number of rotatable bonds is 5. The van der Waals surface area contributed by atoms with E-state index in [9.17, 15) is 18.0 Å². The zero-order valence-electron chi connectivity index (χ0n) is 15.8. The molecular formula is C19H27N3O5S. The van der Waals surface area contributed by atoms with E-state index in [0.717, 1.165) is 32.1 Å². The Morgan fingerprint density at radius 3 is 2.46 bits per heavy atom. The summed E-state index contributed by atoms with van der Waals surface area (Å²) in [5.41, 5.74) is 0. The van der Waals surface area contributed by atoms with E-state index in [-0.39, 0.29) is 17.5 Å². The third-order valence-electron chi connectivity index (χ3n) is 5.09. The number of nitrogens with one attached hydrogen (secondary N) is 2. The number of amides is 2. The number of ether oxygens (including phenoxy) is 1. The van der Waals surface area contributed by atoms with Gasteiger partial charge >= 0.3 is 11.8 Å². The van der Waals surface area contributed by atoms with Crippen molar-refractivity contribution in [2.75, 3.05) is 19.7 Å². The number of hydrogen-bond acceptors (Lipinski definition) is 5. The van der Waals surface area contributed by atoms with Crippen LogP contribution in [0.1, 0.15) is 38.5 Å². The Morgan fingerprint density at radius 1 is 1.04 bits per heavy atom. The van der Waals surface area contributed by atoms with Crippen LogP contribution in [0.4, 0.5) is 0 Å². The number of sulfonamides is 1. The van der Waals surface area contributed by atoms with Crippen LogP contribution in [0.2, 0.25) is 0 Å². The van der Waals surface area contributed by atoms with Crippen molar-refractivity contribution in [1.82, 2.24) is 14.9 Å². The standard InChI is InChI=1S/C19H27N3O5S/c23-18(19(24)21-15-8-3-1-4-9-15)20-14-17-22(12-7-13-27-17)28(25,26)16-10-5-2-6-11-16/h2,5-6,10-11,15,17H,1,3-4,7-9,12-14H2,(H,20,23)(H,21,24)/t17-/m1/s1. The van der Waals surface area contributed by atoms with Gasteiger partial charge in [-0.05, 0) is 31.4 Å². The number of carbonyl (C=O) groups excluding carboxylic acids is 2. The van der Waals surface area contributed by atoms with Crippen LogP contribution in [0.3, 0.4) is 0 Å². The van der Waals surface area contributed by atoms with Gasteiger partial charge in [-0.1, -0.05) is 37.5 Å². The summed E-state index contributed by atoms with van der Waals surface area (Å²) in [5.74, 6) is -1.45. The van der Waals surface area contributed by atoms with E-state index in [0.29, 0.717) is 19.6 Å². The highest BCUT2D eigenvalue weighted by Gasteiger charge is 2.35. The Hall–Kier alpha value is -1.97. The van der Waals surface area contributed by atoms with Crippen molar-refractivity contribution in [2.24, 2.45) is 0 Å². The van der Waals surface area contributed by atoms with Gasteiger partial charge in [0.15, 0.2) is 0 Å². The average Bonchev–Trinajstić information content (AvgIpc) is 2.73. The van der Waals surface area contributed by atoms with Gasteiger partial charge in [-0.25, -0.2) is 8.42 Å².